The van der Waals surface area contributed by atoms with Gasteiger partial charge in [-0.25, -0.2) is 0 Å². The number of thioether (sulfide) groups is 1. The molecule has 1 saturated carbocycles. The predicted molar refractivity (Wildman–Crippen MR) is 123 cm³/mol. The Hall–Kier alpha value is -2.62. The van der Waals surface area contributed by atoms with Gasteiger partial charge in [0, 0.05) is 49.7 Å². The molecule has 9 heteroatoms. The van der Waals surface area contributed by atoms with Gasteiger partial charge in [-0.15, -0.1) is 0 Å². The molecule has 164 valence electrons. The number of aliphatic hydroxyl groups excluding tert-OH is 2. The zero-order chi connectivity index (χ0) is 22.0. The van der Waals surface area contributed by atoms with Crippen LogP contribution in [0.3, 0.4) is 0 Å². The second kappa shape index (κ2) is 9.25. The Kier molecular flexibility index (Phi) is 6.45. The van der Waals surface area contributed by atoms with Crippen molar-refractivity contribution in [3.8, 4) is 0 Å². The molecule has 4 N–H and O–H groups in total. The van der Waals surface area contributed by atoms with E-state index in [2.05, 4.69) is 20.6 Å². The Morgan fingerprint density at radius 3 is 2.68 bits per heavy atom. The number of fused-ring (bicyclic) bond motifs is 1. The van der Waals surface area contributed by atoms with E-state index in [1.807, 2.05) is 55.4 Å². The minimum absolute atomic E-state index is 0.149. The van der Waals surface area contributed by atoms with Crippen molar-refractivity contribution in [3.05, 3.63) is 54.4 Å². The summed E-state index contributed by atoms with van der Waals surface area (Å²) in [6, 6.07) is 11.1. The zero-order valence-electron chi connectivity index (χ0n) is 17.5. The normalized spacial score (nSPS) is 27.2. The molecule has 0 radical (unpaired) electrons. The van der Waals surface area contributed by atoms with Crippen LogP contribution < -0.4 is 15.5 Å². The van der Waals surface area contributed by atoms with E-state index in [4.69, 9.17) is 0 Å². The fourth-order valence-corrected chi connectivity index (χ4v) is 5.27. The van der Waals surface area contributed by atoms with Gasteiger partial charge >= 0.3 is 0 Å². The molecule has 1 aliphatic carbocycles. The lowest BCUT2D eigenvalue weighted by atomic mass is 9.81. The molecule has 5 atom stereocenters. The second-order valence-corrected chi connectivity index (χ2v) is 9.22. The minimum Gasteiger partial charge on any atom is -0.390 e. The van der Waals surface area contributed by atoms with E-state index in [1.165, 1.54) is 11.8 Å². The van der Waals surface area contributed by atoms with Gasteiger partial charge in [-0.05, 0) is 42.3 Å². The highest BCUT2D eigenvalue weighted by Gasteiger charge is 2.50. The van der Waals surface area contributed by atoms with Crippen molar-refractivity contribution in [1.82, 2.24) is 10.3 Å². The number of anilines is 2. The summed E-state index contributed by atoms with van der Waals surface area (Å²) in [5.74, 6) is -0.603. The topological polar surface area (TPSA) is 110 Å². The Morgan fingerprint density at radius 1 is 1.23 bits per heavy atom. The van der Waals surface area contributed by atoms with Crippen LogP contribution in [-0.4, -0.2) is 63.9 Å². The number of carbonyl (C=O) groups excluding carboxylic acids is 1. The molecule has 8 nitrogen and oxygen atoms in total. The van der Waals surface area contributed by atoms with Crippen molar-refractivity contribution < 1.29 is 15.0 Å². The quantitative estimate of drug-likeness (QED) is 0.556. The third-order valence-electron chi connectivity index (χ3n) is 5.65. The van der Waals surface area contributed by atoms with E-state index in [9.17, 15) is 15.0 Å². The molecule has 1 amide bonds. The van der Waals surface area contributed by atoms with Crippen molar-refractivity contribution in [2.24, 2.45) is 10.9 Å². The number of hydrogen-bond donors (Lipinski definition) is 4. The van der Waals surface area contributed by atoms with Gasteiger partial charge in [0.15, 0.2) is 5.17 Å². The van der Waals surface area contributed by atoms with E-state index in [1.54, 1.807) is 12.4 Å². The summed E-state index contributed by atoms with van der Waals surface area (Å²) in [7, 11) is 3.96. The van der Waals surface area contributed by atoms with Crippen LogP contribution >= 0.6 is 11.8 Å². The van der Waals surface area contributed by atoms with Crippen LogP contribution in [0.2, 0.25) is 0 Å². The number of amidine groups is 1. The van der Waals surface area contributed by atoms with Gasteiger partial charge in [-0.1, -0.05) is 17.8 Å². The van der Waals surface area contributed by atoms with Crippen molar-refractivity contribution in [2.75, 3.05) is 24.3 Å². The summed E-state index contributed by atoms with van der Waals surface area (Å²) in [5, 5.41) is 27.5. The number of aliphatic hydroxyl groups is 2. The summed E-state index contributed by atoms with van der Waals surface area (Å²) in [5.41, 5.74) is 2.87. The number of aliphatic imine (C=N–C) groups is 1. The molecule has 1 aromatic heterocycles. The second-order valence-electron chi connectivity index (χ2n) is 8.05. The first-order chi connectivity index (χ1) is 14.9. The molecule has 1 fully saturated rings. The van der Waals surface area contributed by atoms with E-state index in [0.717, 1.165) is 16.9 Å². The number of hydrogen-bond acceptors (Lipinski definition) is 8. The number of nitrogens with one attached hydrogen (secondary N) is 2. The van der Waals surface area contributed by atoms with Crippen molar-refractivity contribution in [3.63, 3.8) is 0 Å². The summed E-state index contributed by atoms with van der Waals surface area (Å²) in [6.07, 6.45) is 1.62. The highest BCUT2D eigenvalue weighted by Crippen LogP contribution is 2.41. The van der Waals surface area contributed by atoms with Gasteiger partial charge < -0.3 is 25.7 Å². The third-order valence-corrected chi connectivity index (χ3v) is 6.96. The molecular weight excluding hydrogens is 414 g/mol. The first-order valence-electron chi connectivity index (χ1n) is 10.2. The maximum Gasteiger partial charge on any atom is 0.224 e. The Morgan fingerprint density at radius 2 is 2.00 bits per heavy atom. The molecule has 2 aliphatic rings. The molecular formula is C22H27N5O3S. The molecule has 1 aromatic carbocycles. The molecule has 4 rings (SSSR count). The van der Waals surface area contributed by atoms with Gasteiger partial charge in [0.1, 0.15) is 6.10 Å². The molecule has 0 saturated heterocycles. The van der Waals surface area contributed by atoms with Gasteiger partial charge in [0.05, 0.1) is 18.1 Å². The summed E-state index contributed by atoms with van der Waals surface area (Å²) >= 11 is 1.45. The Labute approximate surface area is 185 Å². The van der Waals surface area contributed by atoms with Crippen molar-refractivity contribution >= 4 is 34.2 Å². The largest absolute Gasteiger partial charge is 0.390 e. The van der Waals surface area contributed by atoms with Crippen LogP contribution in [0.15, 0.2) is 53.8 Å². The Balaban J connectivity index is 1.43. The lowest BCUT2D eigenvalue weighted by Crippen LogP contribution is -2.53. The van der Waals surface area contributed by atoms with E-state index in [-0.39, 0.29) is 17.6 Å². The predicted octanol–water partition coefficient (Wildman–Crippen LogP) is 1.46. The minimum atomic E-state index is -0.990. The van der Waals surface area contributed by atoms with Crippen LogP contribution in [0.5, 0.6) is 0 Å². The van der Waals surface area contributed by atoms with Gasteiger partial charge in [0.2, 0.25) is 5.91 Å². The molecule has 0 bridgehead atoms. The Bertz CT molecular complexity index is 938. The lowest BCUT2D eigenvalue weighted by molar-refractivity contribution is -0.129. The number of aromatic nitrogens is 1. The summed E-state index contributed by atoms with van der Waals surface area (Å²) in [6.45, 7) is 0.369. The standard InChI is InChI=1S/C22H27N5O3S/c1-27(2)15-7-5-14(6-8-15)25-22-26-18-19(29)17(28)10-16(20(18)31-22)21(30)24-12-13-4-3-9-23-11-13/h3-9,11,16-20,28-29H,10,12H2,1-2H3,(H,24,30)(H,25,26). The number of carbonyl (C=O) groups is 1. The van der Waals surface area contributed by atoms with Crippen molar-refractivity contribution in [1.29, 1.82) is 0 Å². The van der Waals surface area contributed by atoms with Crippen LogP contribution in [0.25, 0.3) is 0 Å². The number of pyridine rings is 1. The van der Waals surface area contributed by atoms with Gasteiger partial charge in [0.25, 0.3) is 0 Å². The summed E-state index contributed by atoms with van der Waals surface area (Å²) in [4.78, 5) is 23.6. The first-order valence-corrected chi connectivity index (χ1v) is 11.1. The number of amides is 1. The van der Waals surface area contributed by atoms with Gasteiger partial charge in [-0.2, -0.15) is 0 Å². The van der Waals surface area contributed by atoms with E-state index < -0.39 is 24.2 Å². The van der Waals surface area contributed by atoms with Crippen LogP contribution in [0.4, 0.5) is 11.4 Å². The molecule has 31 heavy (non-hydrogen) atoms. The fourth-order valence-electron chi connectivity index (χ4n) is 3.90. The smallest absolute Gasteiger partial charge is 0.224 e. The summed E-state index contributed by atoms with van der Waals surface area (Å²) < 4.78 is 0. The average molecular weight is 442 g/mol. The zero-order valence-corrected chi connectivity index (χ0v) is 18.3. The van der Waals surface area contributed by atoms with Gasteiger partial charge in [-0.3, -0.25) is 14.8 Å². The third kappa shape index (κ3) is 4.84. The van der Waals surface area contributed by atoms with Crippen LogP contribution in [-0.2, 0) is 11.3 Å². The molecule has 0 spiro atoms. The molecule has 2 heterocycles. The maximum atomic E-state index is 12.9. The molecule has 5 unspecified atom stereocenters. The van der Waals surface area contributed by atoms with Crippen LogP contribution in [0, 0.1) is 5.92 Å². The monoisotopic (exact) mass is 441 g/mol. The van der Waals surface area contributed by atoms with E-state index >= 15 is 0 Å². The SMILES string of the molecule is CN(C)c1ccc(NC2=NC3C(O)C(O)CC(C(=O)NCc4cccnc4)C3S2)cc1. The molecule has 1 aliphatic heterocycles. The number of rotatable bonds is 5. The average Bonchev–Trinajstić information content (AvgIpc) is 3.19. The molecule has 2 aromatic rings. The number of nitrogens with zero attached hydrogens (tertiary/aromatic N) is 3. The first kappa shape index (κ1) is 21.6. The fraction of sp³-hybridized carbons (Fsp3) is 0.409. The van der Waals surface area contributed by atoms with E-state index in [0.29, 0.717) is 11.7 Å². The van der Waals surface area contributed by atoms with Crippen LogP contribution in [0.1, 0.15) is 12.0 Å². The highest BCUT2D eigenvalue weighted by molar-refractivity contribution is 8.15. The maximum absolute atomic E-state index is 12.9. The highest BCUT2D eigenvalue weighted by atomic mass is 32.2. The lowest BCUT2D eigenvalue weighted by Gasteiger charge is -2.37. The van der Waals surface area contributed by atoms with Crippen molar-refractivity contribution in [2.45, 2.75) is 36.5 Å². The number of benzene rings is 1.